The Labute approximate surface area is 146 Å². The van der Waals surface area contributed by atoms with Gasteiger partial charge in [-0.1, -0.05) is 24.2 Å². The molecule has 0 aliphatic carbocycles. The van der Waals surface area contributed by atoms with Crippen LogP contribution >= 0.6 is 11.8 Å². The summed E-state index contributed by atoms with van der Waals surface area (Å²) in [6.07, 6.45) is 4.50. The smallest absolute Gasteiger partial charge is 0.234 e. The average Bonchev–Trinajstić information content (AvgIpc) is 2.80. The van der Waals surface area contributed by atoms with E-state index in [0.717, 1.165) is 42.4 Å². The Morgan fingerprint density at radius 3 is 3.04 bits per heavy atom. The normalized spacial score (nSPS) is 13.9. The van der Waals surface area contributed by atoms with Gasteiger partial charge in [0, 0.05) is 13.0 Å². The third kappa shape index (κ3) is 3.90. The topological polar surface area (TPSA) is 69.0 Å². The molecular formula is C17H22N4O2S. The van der Waals surface area contributed by atoms with Gasteiger partial charge in [-0.05, 0) is 37.5 Å². The highest BCUT2D eigenvalue weighted by molar-refractivity contribution is 7.99. The monoisotopic (exact) mass is 346 g/mol. The summed E-state index contributed by atoms with van der Waals surface area (Å²) in [4.78, 5) is 12.3. The van der Waals surface area contributed by atoms with Crippen LogP contribution in [0, 0.1) is 6.92 Å². The van der Waals surface area contributed by atoms with Gasteiger partial charge < -0.3 is 14.6 Å². The van der Waals surface area contributed by atoms with E-state index in [4.69, 9.17) is 4.74 Å². The molecule has 7 heteroatoms. The zero-order valence-corrected chi connectivity index (χ0v) is 14.9. The Morgan fingerprint density at radius 2 is 2.21 bits per heavy atom. The van der Waals surface area contributed by atoms with Gasteiger partial charge >= 0.3 is 0 Å². The van der Waals surface area contributed by atoms with E-state index in [9.17, 15) is 4.79 Å². The van der Waals surface area contributed by atoms with Crippen LogP contribution in [-0.4, -0.2) is 33.5 Å². The summed E-state index contributed by atoms with van der Waals surface area (Å²) in [5.74, 6) is 1.93. The largest absolute Gasteiger partial charge is 0.495 e. The number of carbonyl (C=O) groups excluding carboxylic acids is 1. The van der Waals surface area contributed by atoms with Crippen molar-refractivity contribution in [1.29, 1.82) is 0 Å². The van der Waals surface area contributed by atoms with Crippen molar-refractivity contribution in [2.24, 2.45) is 0 Å². The lowest BCUT2D eigenvalue weighted by Crippen LogP contribution is -2.15. The van der Waals surface area contributed by atoms with E-state index >= 15 is 0 Å². The lowest BCUT2D eigenvalue weighted by Gasteiger charge is -2.11. The molecule has 24 heavy (non-hydrogen) atoms. The molecule has 1 N–H and O–H groups in total. The second-order valence-corrected chi connectivity index (χ2v) is 6.84. The number of rotatable bonds is 5. The Kier molecular flexibility index (Phi) is 5.40. The molecule has 1 aromatic carbocycles. The number of aromatic nitrogens is 3. The van der Waals surface area contributed by atoms with Crippen molar-refractivity contribution in [3.63, 3.8) is 0 Å². The summed E-state index contributed by atoms with van der Waals surface area (Å²) in [6.45, 7) is 2.92. The fourth-order valence-corrected chi connectivity index (χ4v) is 3.58. The molecule has 0 spiro atoms. The first-order chi connectivity index (χ1) is 11.7. The quantitative estimate of drug-likeness (QED) is 0.843. The molecule has 0 bridgehead atoms. The van der Waals surface area contributed by atoms with Crippen LogP contribution in [0.5, 0.6) is 5.75 Å². The standard InChI is InChI=1S/C17H22N4O2S/c1-12-7-8-14(23-2)13(10-12)18-16(22)11-24-17-20-19-15-6-4-3-5-9-21(15)17/h7-8,10H,3-6,9,11H2,1-2H3,(H,18,22). The van der Waals surface area contributed by atoms with Gasteiger partial charge in [-0.15, -0.1) is 10.2 Å². The summed E-state index contributed by atoms with van der Waals surface area (Å²) in [5.41, 5.74) is 1.77. The highest BCUT2D eigenvalue weighted by Gasteiger charge is 2.16. The molecule has 0 atom stereocenters. The minimum atomic E-state index is -0.0742. The maximum absolute atomic E-state index is 12.3. The van der Waals surface area contributed by atoms with Crippen molar-refractivity contribution >= 4 is 23.4 Å². The Morgan fingerprint density at radius 1 is 1.33 bits per heavy atom. The molecule has 0 radical (unpaired) electrons. The highest BCUT2D eigenvalue weighted by atomic mass is 32.2. The molecule has 0 saturated carbocycles. The van der Waals surface area contributed by atoms with E-state index in [1.807, 2.05) is 25.1 Å². The van der Waals surface area contributed by atoms with Crippen LogP contribution < -0.4 is 10.1 Å². The predicted octanol–water partition coefficient (Wildman–Crippen LogP) is 3.05. The van der Waals surface area contributed by atoms with Crippen LogP contribution in [0.4, 0.5) is 5.69 Å². The minimum absolute atomic E-state index is 0.0742. The number of aryl methyl sites for hydroxylation is 2. The van der Waals surface area contributed by atoms with Crippen molar-refractivity contribution in [1.82, 2.24) is 14.8 Å². The van der Waals surface area contributed by atoms with Gasteiger partial charge in [0.1, 0.15) is 11.6 Å². The van der Waals surface area contributed by atoms with Crippen molar-refractivity contribution in [3.8, 4) is 5.75 Å². The molecule has 6 nitrogen and oxygen atoms in total. The highest BCUT2D eigenvalue weighted by Crippen LogP contribution is 2.26. The number of hydrogen-bond donors (Lipinski definition) is 1. The summed E-state index contributed by atoms with van der Waals surface area (Å²) in [7, 11) is 1.60. The summed E-state index contributed by atoms with van der Waals surface area (Å²) in [6, 6.07) is 5.72. The van der Waals surface area contributed by atoms with Gasteiger partial charge in [0.05, 0.1) is 18.6 Å². The van der Waals surface area contributed by atoms with Crippen molar-refractivity contribution in [2.45, 2.75) is 44.3 Å². The number of methoxy groups -OCH3 is 1. The number of ether oxygens (including phenoxy) is 1. The second-order valence-electron chi connectivity index (χ2n) is 5.90. The molecule has 0 saturated heterocycles. The van der Waals surface area contributed by atoms with Crippen LogP contribution in [0.1, 0.15) is 30.7 Å². The molecule has 0 unspecified atom stereocenters. The molecule has 0 fully saturated rings. The fourth-order valence-electron chi connectivity index (χ4n) is 2.80. The van der Waals surface area contributed by atoms with Crippen LogP contribution in [0.3, 0.4) is 0 Å². The van der Waals surface area contributed by atoms with Crippen LogP contribution in [0.15, 0.2) is 23.4 Å². The zero-order chi connectivity index (χ0) is 16.9. The molecule has 2 aromatic rings. The van der Waals surface area contributed by atoms with Gasteiger partial charge in [0.2, 0.25) is 5.91 Å². The minimum Gasteiger partial charge on any atom is -0.495 e. The van der Waals surface area contributed by atoms with Crippen LogP contribution in [-0.2, 0) is 17.8 Å². The number of anilines is 1. The molecule has 2 heterocycles. The van der Waals surface area contributed by atoms with Crippen molar-refractivity contribution in [2.75, 3.05) is 18.2 Å². The summed E-state index contributed by atoms with van der Waals surface area (Å²) >= 11 is 1.43. The third-order valence-corrected chi connectivity index (χ3v) is 5.00. The first kappa shape index (κ1) is 16.8. The first-order valence-corrected chi connectivity index (χ1v) is 9.15. The maximum atomic E-state index is 12.3. The molecule has 1 aliphatic rings. The van der Waals surface area contributed by atoms with Gasteiger partial charge in [0.25, 0.3) is 0 Å². The van der Waals surface area contributed by atoms with Crippen LogP contribution in [0.25, 0.3) is 0 Å². The summed E-state index contributed by atoms with van der Waals surface area (Å²) in [5, 5.41) is 12.2. The van der Waals surface area contributed by atoms with Crippen molar-refractivity contribution < 1.29 is 9.53 Å². The number of carbonyl (C=O) groups is 1. The Hall–Kier alpha value is -2.02. The summed E-state index contributed by atoms with van der Waals surface area (Å²) < 4.78 is 7.44. The van der Waals surface area contributed by atoms with Crippen LogP contribution in [0.2, 0.25) is 0 Å². The average molecular weight is 346 g/mol. The molecule has 1 amide bonds. The number of hydrogen-bond acceptors (Lipinski definition) is 5. The lowest BCUT2D eigenvalue weighted by molar-refractivity contribution is -0.113. The number of nitrogens with one attached hydrogen (secondary N) is 1. The van der Waals surface area contributed by atoms with E-state index in [-0.39, 0.29) is 5.91 Å². The number of amides is 1. The number of thioether (sulfide) groups is 1. The lowest BCUT2D eigenvalue weighted by atomic mass is 10.2. The molecule has 128 valence electrons. The maximum Gasteiger partial charge on any atom is 0.234 e. The SMILES string of the molecule is COc1ccc(C)cc1NC(=O)CSc1nnc2n1CCCCC2. The van der Waals surface area contributed by atoms with Gasteiger partial charge in [0.15, 0.2) is 5.16 Å². The zero-order valence-electron chi connectivity index (χ0n) is 14.0. The van der Waals surface area contributed by atoms with E-state index in [1.165, 1.54) is 18.2 Å². The fraction of sp³-hybridized carbons (Fsp3) is 0.471. The van der Waals surface area contributed by atoms with E-state index in [2.05, 4.69) is 20.1 Å². The number of fused-ring (bicyclic) bond motifs is 1. The van der Waals surface area contributed by atoms with Gasteiger partial charge in [-0.2, -0.15) is 0 Å². The van der Waals surface area contributed by atoms with Gasteiger partial charge in [-0.25, -0.2) is 0 Å². The molecule has 3 rings (SSSR count). The van der Waals surface area contributed by atoms with E-state index < -0.39 is 0 Å². The first-order valence-electron chi connectivity index (χ1n) is 8.17. The van der Waals surface area contributed by atoms with E-state index in [1.54, 1.807) is 7.11 Å². The molecule has 1 aromatic heterocycles. The molecular weight excluding hydrogens is 324 g/mol. The predicted molar refractivity (Wildman–Crippen MR) is 94.7 cm³/mol. The van der Waals surface area contributed by atoms with Gasteiger partial charge in [-0.3, -0.25) is 4.79 Å². The van der Waals surface area contributed by atoms with E-state index in [0.29, 0.717) is 17.2 Å². The number of nitrogens with zero attached hydrogens (tertiary/aromatic N) is 3. The Bertz CT molecular complexity index is 729. The molecule has 1 aliphatic heterocycles. The number of benzene rings is 1. The van der Waals surface area contributed by atoms with Crippen molar-refractivity contribution in [3.05, 3.63) is 29.6 Å². The Balaban J connectivity index is 1.62. The second kappa shape index (κ2) is 7.70. The third-order valence-electron chi connectivity index (χ3n) is 4.04.